The van der Waals surface area contributed by atoms with Gasteiger partial charge in [-0.15, -0.1) is 24.2 Å². The lowest BCUT2D eigenvalue weighted by Gasteiger charge is -2.27. The van der Waals surface area contributed by atoms with Crippen molar-refractivity contribution in [1.29, 1.82) is 0 Å². The van der Waals surface area contributed by atoms with E-state index in [1.165, 1.54) is 23.3 Å². The first-order chi connectivity index (χ1) is 9.81. The van der Waals surface area contributed by atoms with Gasteiger partial charge in [-0.1, -0.05) is 18.2 Å². The third-order valence-corrected chi connectivity index (χ3v) is 6.02. The number of nitrogens with one attached hydrogen (secondary N) is 1. The zero-order valence-electron chi connectivity index (χ0n) is 12.0. The molecular weight excluding hydrogens is 304 g/mol. The molecule has 2 bridgehead atoms. The summed E-state index contributed by atoms with van der Waals surface area (Å²) in [5.41, 5.74) is 1.24. The van der Waals surface area contributed by atoms with Gasteiger partial charge in [0.05, 0.1) is 5.92 Å². The summed E-state index contributed by atoms with van der Waals surface area (Å²) in [6, 6.07) is 9.54. The molecule has 5 heteroatoms. The van der Waals surface area contributed by atoms with E-state index in [0.717, 1.165) is 25.3 Å². The van der Waals surface area contributed by atoms with E-state index in [1.807, 2.05) is 11.8 Å². The van der Waals surface area contributed by atoms with E-state index in [2.05, 4.69) is 34.5 Å². The van der Waals surface area contributed by atoms with Crippen LogP contribution in [0.4, 0.5) is 0 Å². The number of rotatable bonds is 1. The average molecular weight is 325 g/mol. The van der Waals surface area contributed by atoms with Crippen LogP contribution in [0.2, 0.25) is 0 Å². The number of halogens is 1. The van der Waals surface area contributed by atoms with Crippen molar-refractivity contribution in [2.24, 2.45) is 0 Å². The second kappa shape index (κ2) is 6.19. The van der Waals surface area contributed by atoms with E-state index in [1.54, 1.807) is 0 Å². The van der Waals surface area contributed by atoms with Crippen LogP contribution in [0.25, 0.3) is 0 Å². The molecule has 0 saturated carbocycles. The molecule has 114 valence electrons. The van der Waals surface area contributed by atoms with E-state index in [9.17, 15) is 4.79 Å². The Kier molecular flexibility index (Phi) is 4.48. The number of thioether (sulfide) groups is 1. The molecule has 1 N–H and O–H groups in total. The molecule has 3 heterocycles. The number of nitrogens with zero attached hydrogens (tertiary/aromatic N) is 1. The smallest absolute Gasteiger partial charge is 0.231 e. The molecule has 2 fully saturated rings. The molecule has 1 aromatic carbocycles. The van der Waals surface area contributed by atoms with Crippen LogP contribution >= 0.6 is 24.2 Å². The number of carbonyl (C=O) groups excluding carboxylic acids is 1. The molecule has 1 amide bonds. The minimum absolute atomic E-state index is 0. The molecule has 1 aromatic rings. The molecule has 0 radical (unpaired) electrons. The fourth-order valence-electron chi connectivity index (χ4n) is 3.73. The summed E-state index contributed by atoms with van der Waals surface area (Å²) in [7, 11) is 0. The minimum Gasteiger partial charge on any atom is -0.341 e. The third kappa shape index (κ3) is 2.81. The first-order valence-electron chi connectivity index (χ1n) is 7.58. The highest BCUT2D eigenvalue weighted by molar-refractivity contribution is 7.99. The van der Waals surface area contributed by atoms with Gasteiger partial charge in [0.2, 0.25) is 5.91 Å². The van der Waals surface area contributed by atoms with Gasteiger partial charge < -0.3 is 10.2 Å². The first-order valence-corrected chi connectivity index (χ1v) is 8.56. The van der Waals surface area contributed by atoms with Crippen LogP contribution in [0.15, 0.2) is 29.2 Å². The Hall–Kier alpha value is -0.710. The predicted octanol–water partition coefficient (Wildman–Crippen LogP) is 2.65. The van der Waals surface area contributed by atoms with Crippen LogP contribution in [0.3, 0.4) is 0 Å². The topological polar surface area (TPSA) is 32.3 Å². The van der Waals surface area contributed by atoms with Crippen molar-refractivity contribution in [2.75, 3.05) is 18.8 Å². The van der Waals surface area contributed by atoms with Crippen molar-refractivity contribution in [3.8, 4) is 0 Å². The number of benzene rings is 1. The van der Waals surface area contributed by atoms with Gasteiger partial charge in [0, 0.05) is 35.8 Å². The number of likely N-dealkylation sites (tertiary alicyclic amines) is 1. The number of amides is 1. The van der Waals surface area contributed by atoms with E-state index in [0.29, 0.717) is 18.0 Å². The molecule has 3 unspecified atom stereocenters. The van der Waals surface area contributed by atoms with Crippen LogP contribution in [-0.4, -0.2) is 41.7 Å². The molecule has 3 aliphatic rings. The fourth-order valence-corrected chi connectivity index (χ4v) is 4.95. The Morgan fingerprint density at radius 1 is 1.19 bits per heavy atom. The van der Waals surface area contributed by atoms with Gasteiger partial charge in [-0.25, -0.2) is 0 Å². The standard InChI is InChI=1S/C16H20N2OS.ClH/c19-16(14-10-20-15-4-2-1-3-13(14)15)18-8-7-11-5-6-12(9-18)17-11;/h1-4,11-12,14,17H,5-10H2;1H. The molecule has 0 spiro atoms. The molecule has 21 heavy (non-hydrogen) atoms. The van der Waals surface area contributed by atoms with Crippen molar-refractivity contribution >= 4 is 30.1 Å². The van der Waals surface area contributed by atoms with E-state index in [-0.39, 0.29) is 18.3 Å². The molecule has 2 saturated heterocycles. The summed E-state index contributed by atoms with van der Waals surface area (Å²) < 4.78 is 0. The SMILES string of the molecule is Cl.O=C(C1CSc2ccccc21)N1CCC2CCC(C1)N2. The van der Waals surface area contributed by atoms with E-state index >= 15 is 0 Å². The number of hydrogen-bond donors (Lipinski definition) is 1. The largest absolute Gasteiger partial charge is 0.341 e. The molecule has 0 aromatic heterocycles. The third-order valence-electron chi connectivity index (χ3n) is 4.83. The summed E-state index contributed by atoms with van der Waals surface area (Å²) in [6.45, 7) is 1.83. The highest BCUT2D eigenvalue weighted by Gasteiger charge is 2.36. The van der Waals surface area contributed by atoms with Crippen molar-refractivity contribution in [1.82, 2.24) is 10.2 Å². The monoisotopic (exact) mass is 324 g/mol. The molecule has 3 aliphatic heterocycles. The van der Waals surface area contributed by atoms with Crippen molar-refractivity contribution in [2.45, 2.75) is 42.2 Å². The number of fused-ring (bicyclic) bond motifs is 3. The first kappa shape index (κ1) is 15.2. The van der Waals surface area contributed by atoms with Crippen molar-refractivity contribution in [3.05, 3.63) is 29.8 Å². The van der Waals surface area contributed by atoms with Crippen molar-refractivity contribution < 1.29 is 4.79 Å². The summed E-state index contributed by atoms with van der Waals surface area (Å²) >= 11 is 1.83. The fraction of sp³-hybridized carbons (Fsp3) is 0.562. The Morgan fingerprint density at radius 2 is 2.00 bits per heavy atom. The Bertz CT molecular complexity index is 539. The molecule has 3 atom stereocenters. The van der Waals surface area contributed by atoms with Gasteiger partial charge in [0.15, 0.2) is 0 Å². The quantitative estimate of drug-likeness (QED) is 0.862. The number of hydrogen-bond acceptors (Lipinski definition) is 3. The zero-order valence-corrected chi connectivity index (χ0v) is 13.6. The lowest BCUT2D eigenvalue weighted by atomic mass is 9.99. The second-order valence-corrected chi connectivity index (χ2v) is 7.17. The van der Waals surface area contributed by atoms with E-state index in [4.69, 9.17) is 0 Å². The Labute approximate surface area is 136 Å². The Morgan fingerprint density at radius 3 is 2.90 bits per heavy atom. The summed E-state index contributed by atoms with van der Waals surface area (Å²) in [5.74, 6) is 1.33. The average Bonchev–Trinajstić information content (AvgIpc) is 3.01. The maximum Gasteiger partial charge on any atom is 0.231 e. The second-order valence-electron chi connectivity index (χ2n) is 6.11. The van der Waals surface area contributed by atoms with Gasteiger partial charge in [-0.3, -0.25) is 4.79 Å². The van der Waals surface area contributed by atoms with Gasteiger partial charge in [-0.2, -0.15) is 0 Å². The zero-order chi connectivity index (χ0) is 13.5. The van der Waals surface area contributed by atoms with Gasteiger partial charge in [0.1, 0.15) is 0 Å². The maximum absolute atomic E-state index is 12.9. The maximum atomic E-state index is 12.9. The Balaban J connectivity index is 0.00000132. The molecule has 3 nitrogen and oxygen atoms in total. The lowest BCUT2D eigenvalue weighted by molar-refractivity contribution is -0.132. The predicted molar refractivity (Wildman–Crippen MR) is 88.3 cm³/mol. The van der Waals surface area contributed by atoms with Crippen molar-refractivity contribution in [3.63, 3.8) is 0 Å². The van der Waals surface area contributed by atoms with Gasteiger partial charge in [-0.05, 0) is 30.9 Å². The van der Waals surface area contributed by atoms with Crippen LogP contribution in [0.5, 0.6) is 0 Å². The van der Waals surface area contributed by atoms with Crippen LogP contribution in [-0.2, 0) is 4.79 Å². The van der Waals surface area contributed by atoms with Gasteiger partial charge >= 0.3 is 0 Å². The van der Waals surface area contributed by atoms with E-state index < -0.39 is 0 Å². The summed E-state index contributed by atoms with van der Waals surface area (Å²) in [6.07, 6.45) is 3.63. The summed E-state index contributed by atoms with van der Waals surface area (Å²) in [4.78, 5) is 16.3. The normalized spacial score (nSPS) is 30.5. The minimum atomic E-state index is 0. The lowest BCUT2D eigenvalue weighted by Crippen LogP contribution is -2.41. The molecule has 0 aliphatic carbocycles. The highest BCUT2D eigenvalue weighted by atomic mass is 35.5. The molecule has 4 rings (SSSR count). The van der Waals surface area contributed by atoms with Crippen LogP contribution < -0.4 is 5.32 Å². The van der Waals surface area contributed by atoms with Crippen LogP contribution in [0, 0.1) is 0 Å². The van der Waals surface area contributed by atoms with Gasteiger partial charge in [0.25, 0.3) is 0 Å². The molecular formula is C16H21ClN2OS. The highest BCUT2D eigenvalue weighted by Crippen LogP contribution is 2.40. The summed E-state index contributed by atoms with van der Waals surface area (Å²) in [5, 5.41) is 3.65. The number of carbonyl (C=O) groups is 1. The van der Waals surface area contributed by atoms with Crippen LogP contribution in [0.1, 0.15) is 30.7 Å².